The van der Waals surface area contributed by atoms with Gasteiger partial charge in [0.15, 0.2) is 0 Å². The fourth-order valence-corrected chi connectivity index (χ4v) is 2.97. The highest BCUT2D eigenvalue weighted by atomic mass is 16.2. The van der Waals surface area contributed by atoms with Crippen molar-refractivity contribution in [1.29, 1.82) is 0 Å². The molecule has 0 saturated carbocycles. The van der Waals surface area contributed by atoms with Crippen LogP contribution in [0.3, 0.4) is 0 Å². The molecule has 0 bridgehead atoms. The van der Waals surface area contributed by atoms with Crippen molar-refractivity contribution in [3.05, 3.63) is 47.8 Å². The number of carbonyl (C=O) groups excluding carboxylic acids is 1. The highest BCUT2D eigenvalue weighted by Gasteiger charge is 2.30. The lowest BCUT2D eigenvalue weighted by atomic mass is 9.99. The molecule has 21 heavy (non-hydrogen) atoms. The molecule has 2 aromatic rings. The number of nitrogens with zero attached hydrogens (tertiary/aromatic N) is 3. The fraction of sp³-hybridized carbons (Fsp3) is 0.375. The maximum absolute atomic E-state index is 12.7. The molecule has 110 valence electrons. The topological polar surface area (TPSA) is 64.2 Å². The van der Waals surface area contributed by atoms with E-state index in [0.29, 0.717) is 23.8 Å². The second-order valence-corrected chi connectivity index (χ2v) is 5.41. The van der Waals surface area contributed by atoms with Gasteiger partial charge < -0.3 is 10.6 Å². The molecular weight excluding hydrogens is 264 g/mol. The summed E-state index contributed by atoms with van der Waals surface area (Å²) >= 11 is 0. The number of rotatable bonds is 3. The van der Waals surface area contributed by atoms with Gasteiger partial charge in [-0.25, -0.2) is 0 Å². The van der Waals surface area contributed by atoms with Crippen molar-refractivity contribution >= 4 is 11.6 Å². The van der Waals surface area contributed by atoms with Gasteiger partial charge in [-0.05, 0) is 18.9 Å². The van der Waals surface area contributed by atoms with Crippen molar-refractivity contribution in [2.75, 3.05) is 18.8 Å². The van der Waals surface area contributed by atoms with Crippen LogP contribution in [0.4, 0.5) is 5.69 Å². The minimum absolute atomic E-state index is 0.00900. The van der Waals surface area contributed by atoms with Crippen LogP contribution in [0.5, 0.6) is 0 Å². The van der Waals surface area contributed by atoms with E-state index >= 15 is 0 Å². The Kier molecular flexibility index (Phi) is 3.64. The lowest BCUT2D eigenvalue weighted by molar-refractivity contribution is 0.0779. The predicted molar refractivity (Wildman–Crippen MR) is 82.0 cm³/mol. The maximum atomic E-state index is 12.7. The van der Waals surface area contributed by atoms with Crippen LogP contribution in [0.2, 0.25) is 0 Å². The summed E-state index contributed by atoms with van der Waals surface area (Å²) in [6.45, 7) is 4.12. The number of aryl methyl sites for hydroxylation is 1. The molecule has 0 aliphatic carbocycles. The number of hydrogen-bond acceptors (Lipinski definition) is 3. The van der Waals surface area contributed by atoms with E-state index in [1.165, 1.54) is 5.56 Å². The van der Waals surface area contributed by atoms with Crippen LogP contribution in [0.15, 0.2) is 36.5 Å². The van der Waals surface area contributed by atoms with Gasteiger partial charge in [0, 0.05) is 25.6 Å². The summed E-state index contributed by atoms with van der Waals surface area (Å²) in [6.07, 6.45) is 2.55. The molecule has 1 unspecified atom stereocenters. The molecule has 1 aliphatic heterocycles. The van der Waals surface area contributed by atoms with E-state index in [1.54, 1.807) is 10.9 Å². The summed E-state index contributed by atoms with van der Waals surface area (Å²) in [5.74, 6) is 0.402. The summed E-state index contributed by atoms with van der Waals surface area (Å²) in [7, 11) is 0. The molecule has 1 aromatic carbocycles. The molecule has 0 radical (unpaired) electrons. The largest absolute Gasteiger partial charge is 0.396 e. The molecule has 1 atom stereocenters. The van der Waals surface area contributed by atoms with Crippen LogP contribution >= 0.6 is 0 Å². The van der Waals surface area contributed by atoms with Crippen LogP contribution in [-0.4, -0.2) is 33.7 Å². The van der Waals surface area contributed by atoms with Crippen LogP contribution in [0.25, 0.3) is 0 Å². The van der Waals surface area contributed by atoms with Gasteiger partial charge in [-0.3, -0.25) is 9.48 Å². The molecule has 1 saturated heterocycles. The maximum Gasteiger partial charge on any atom is 0.274 e. The first-order valence-corrected chi connectivity index (χ1v) is 7.36. The summed E-state index contributed by atoms with van der Waals surface area (Å²) in [5, 5.41) is 4.15. The van der Waals surface area contributed by atoms with Crippen LogP contribution in [-0.2, 0) is 6.54 Å². The summed E-state index contributed by atoms with van der Waals surface area (Å²) < 4.78 is 1.67. The monoisotopic (exact) mass is 284 g/mol. The summed E-state index contributed by atoms with van der Waals surface area (Å²) in [5.41, 5.74) is 8.18. The Morgan fingerprint density at radius 2 is 2.14 bits per heavy atom. The summed E-state index contributed by atoms with van der Waals surface area (Å²) in [6, 6.07) is 10.4. The lowest BCUT2D eigenvalue weighted by Gasteiger charge is -2.17. The van der Waals surface area contributed by atoms with Crippen LogP contribution in [0.1, 0.15) is 35.3 Å². The van der Waals surface area contributed by atoms with Crippen LogP contribution in [0, 0.1) is 0 Å². The Morgan fingerprint density at radius 3 is 2.86 bits per heavy atom. The molecule has 3 rings (SSSR count). The molecule has 1 aliphatic rings. The number of aromatic nitrogens is 2. The minimum Gasteiger partial charge on any atom is -0.396 e. The zero-order valence-electron chi connectivity index (χ0n) is 12.2. The van der Waals surface area contributed by atoms with E-state index in [-0.39, 0.29) is 5.91 Å². The standard InChI is InChI=1S/C16H20N4O/c1-2-20-15(14(17)10-18-20)16(21)19-9-8-13(11-19)12-6-4-3-5-7-12/h3-7,10,13H,2,8-9,11,17H2,1H3. The fourth-order valence-electron chi connectivity index (χ4n) is 2.97. The molecule has 1 fully saturated rings. The number of carbonyl (C=O) groups is 1. The van der Waals surface area contributed by atoms with Gasteiger partial charge in [-0.1, -0.05) is 30.3 Å². The lowest BCUT2D eigenvalue weighted by Crippen LogP contribution is -2.31. The van der Waals surface area contributed by atoms with E-state index < -0.39 is 0 Å². The molecule has 0 spiro atoms. The average Bonchev–Trinajstić information content (AvgIpc) is 3.14. The molecule has 1 aromatic heterocycles. The summed E-state index contributed by atoms with van der Waals surface area (Å²) in [4.78, 5) is 14.6. The molecule has 2 N–H and O–H groups in total. The van der Waals surface area contributed by atoms with Gasteiger partial charge in [0.1, 0.15) is 5.69 Å². The number of anilines is 1. The van der Waals surface area contributed by atoms with E-state index in [4.69, 9.17) is 5.73 Å². The minimum atomic E-state index is -0.00900. The van der Waals surface area contributed by atoms with E-state index in [1.807, 2.05) is 30.0 Å². The number of benzene rings is 1. The predicted octanol–water partition coefficient (Wildman–Crippen LogP) is 2.11. The number of amides is 1. The normalized spacial score (nSPS) is 18.1. The van der Waals surface area contributed by atoms with Crippen molar-refractivity contribution in [1.82, 2.24) is 14.7 Å². The number of nitrogens with two attached hydrogens (primary N) is 1. The highest BCUT2D eigenvalue weighted by molar-refractivity contribution is 5.97. The highest BCUT2D eigenvalue weighted by Crippen LogP contribution is 2.28. The average molecular weight is 284 g/mol. The van der Waals surface area contributed by atoms with E-state index in [9.17, 15) is 4.79 Å². The van der Waals surface area contributed by atoms with Crippen molar-refractivity contribution < 1.29 is 4.79 Å². The van der Waals surface area contributed by atoms with E-state index in [2.05, 4.69) is 17.2 Å². The third kappa shape index (κ3) is 2.51. The Bertz CT molecular complexity index is 635. The van der Waals surface area contributed by atoms with Gasteiger partial charge >= 0.3 is 0 Å². The van der Waals surface area contributed by atoms with Crippen molar-refractivity contribution in [3.63, 3.8) is 0 Å². The molecule has 1 amide bonds. The van der Waals surface area contributed by atoms with Crippen molar-refractivity contribution in [3.8, 4) is 0 Å². The second kappa shape index (κ2) is 5.60. The first kappa shape index (κ1) is 13.7. The van der Waals surface area contributed by atoms with Gasteiger partial charge in [0.2, 0.25) is 0 Å². The third-order valence-electron chi connectivity index (χ3n) is 4.12. The number of likely N-dealkylation sites (tertiary alicyclic amines) is 1. The Hall–Kier alpha value is -2.30. The Balaban J connectivity index is 1.77. The van der Waals surface area contributed by atoms with Gasteiger partial charge in [-0.15, -0.1) is 0 Å². The molecule has 5 heteroatoms. The molecular formula is C16H20N4O. The Labute approximate surface area is 124 Å². The number of hydrogen-bond donors (Lipinski definition) is 1. The first-order valence-electron chi connectivity index (χ1n) is 7.36. The zero-order valence-corrected chi connectivity index (χ0v) is 12.2. The quantitative estimate of drug-likeness (QED) is 0.939. The number of nitrogen functional groups attached to an aromatic ring is 1. The Morgan fingerprint density at radius 1 is 1.38 bits per heavy atom. The van der Waals surface area contributed by atoms with Gasteiger partial charge in [0.05, 0.1) is 11.9 Å². The zero-order chi connectivity index (χ0) is 14.8. The smallest absolute Gasteiger partial charge is 0.274 e. The van der Waals surface area contributed by atoms with E-state index in [0.717, 1.165) is 19.5 Å². The molecule has 5 nitrogen and oxygen atoms in total. The second-order valence-electron chi connectivity index (χ2n) is 5.41. The SMILES string of the molecule is CCn1ncc(N)c1C(=O)N1CCC(c2ccccc2)C1. The first-order chi connectivity index (χ1) is 10.2. The van der Waals surface area contributed by atoms with Crippen LogP contribution < -0.4 is 5.73 Å². The van der Waals surface area contributed by atoms with Crippen molar-refractivity contribution in [2.24, 2.45) is 0 Å². The van der Waals surface area contributed by atoms with Gasteiger partial charge in [-0.2, -0.15) is 5.10 Å². The third-order valence-corrected chi connectivity index (χ3v) is 4.12. The van der Waals surface area contributed by atoms with Gasteiger partial charge in [0.25, 0.3) is 5.91 Å². The molecule has 2 heterocycles. The van der Waals surface area contributed by atoms with Crippen molar-refractivity contribution in [2.45, 2.75) is 25.8 Å².